The van der Waals surface area contributed by atoms with E-state index in [1.165, 1.54) is 17.4 Å². The Morgan fingerprint density at radius 2 is 2.14 bits per heavy atom. The van der Waals surface area contributed by atoms with Gasteiger partial charge in [-0.05, 0) is 48.2 Å². The molecule has 256 valence electrons. The van der Waals surface area contributed by atoms with Crippen LogP contribution < -0.4 is 4.74 Å². The first-order valence-electron chi connectivity index (χ1n) is 16.1. The van der Waals surface area contributed by atoms with Crippen LogP contribution in [0.2, 0.25) is 0 Å². The summed E-state index contributed by atoms with van der Waals surface area (Å²) >= 11 is 1.52. The molecular formula is C37H34F2N6O4S. The molecule has 0 bridgehead atoms. The van der Waals surface area contributed by atoms with Gasteiger partial charge in [-0.15, -0.1) is 11.3 Å². The molecule has 6 heterocycles. The Kier molecular flexibility index (Phi) is 9.42. The Labute approximate surface area is 290 Å². The highest BCUT2D eigenvalue weighted by molar-refractivity contribution is 7.17. The van der Waals surface area contributed by atoms with E-state index in [4.69, 9.17) is 19.6 Å². The van der Waals surface area contributed by atoms with Crippen LogP contribution in [-0.2, 0) is 29.7 Å². The number of aryl methyl sites for hydroxylation is 1. The number of rotatable bonds is 9. The highest BCUT2D eigenvalue weighted by Crippen LogP contribution is 2.44. The molecule has 1 N–H and O–H groups in total. The summed E-state index contributed by atoms with van der Waals surface area (Å²) in [7, 11) is 1.87. The highest BCUT2D eigenvalue weighted by Gasteiger charge is 2.30. The van der Waals surface area contributed by atoms with Crippen molar-refractivity contribution in [2.45, 2.75) is 25.4 Å². The molecule has 0 fully saturated rings. The van der Waals surface area contributed by atoms with Gasteiger partial charge in [0.2, 0.25) is 5.91 Å². The van der Waals surface area contributed by atoms with Crippen LogP contribution in [0.3, 0.4) is 0 Å². The van der Waals surface area contributed by atoms with Gasteiger partial charge in [-0.2, -0.15) is 10.2 Å². The fraction of sp³-hybridized carbons (Fsp3) is 0.243. The molecule has 4 aromatic heterocycles. The molecule has 7 rings (SSSR count). The lowest BCUT2D eigenvalue weighted by atomic mass is 9.90. The van der Waals surface area contributed by atoms with Gasteiger partial charge in [-0.1, -0.05) is 12.7 Å². The van der Waals surface area contributed by atoms with E-state index < -0.39 is 5.83 Å². The van der Waals surface area contributed by atoms with Gasteiger partial charge < -0.3 is 19.5 Å². The fourth-order valence-electron chi connectivity index (χ4n) is 6.44. The van der Waals surface area contributed by atoms with Crippen molar-refractivity contribution in [1.29, 1.82) is 0 Å². The van der Waals surface area contributed by atoms with Crippen LogP contribution in [0.5, 0.6) is 5.75 Å². The third-order valence-corrected chi connectivity index (χ3v) is 9.79. The molecular weight excluding hydrogens is 663 g/mol. The van der Waals surface area contributed by atoms with Crippen molar-refractivity contribution >= 4 is 44.3 Å². The zero-order valence-electron chi connectivity index (χ0n) is 27.3. The number of carbonyl (C=O) groups excluding carboxylic acids is 1. The van der Waals surface area contributed by atoms with Gasteiger partial charge in [-0.25, -0.2) is 8.78 Å². The molecule has 13 heteroatoms. The SMILES string of the molecule is C=CC(=O)N1CCn2nc(C3CCOC(/C=C(F)\C=C\F)=C\c4c3nc(-c3cc5cnn(C)c5cc3OC/C=C/CO)c3ccsc43)cc2C1. The Morgan fingerprint density at radius 3 is 2.96 bits per heavy atom. The Bertz CT molecular complexity index is 2230. The van der Waals surface area contributed by atoms with Crippen LogP contribution >= 0.6 is 11.3 Å². The van der Waals surface area contributed by atoms with Crippen molar-refractivity contribution in [1.82, 2.24) is 29.4 Å². The molecule has 0 radical (unpaired) electrons. The quantitative estimate of drug-likeness (QED) is 0.103. The lowest BCUT2D eigenvalue weighted by Gasteiger charge is -2.26. The summed E-state index contributed by atoms with van der Waals surface area (Å²) in [5, 5.41) is 22.5. The van der Waals surface area contributed by atoms with Crippen LogP contribution in [0, 0.1) is 0 Å². The number of hydrogen-bond acceptors (Lipinski definition) is 8. The molecule has 0 saturated heterocycles. The number of aromatic nitrogens is 5. The lowest BCUT2D eigenvalue weighted by molar-refractivity contribution is -0.127. The summed E-state index contributed by atoms with van der Waals surface area (Å²) in [6, 6.07) is 7.97. The molecule has 50 heavy (non-hydrogen) atoms. The van der Waals surface area contributed by atoms with Crippen LogP contribution in [0.25, 0.3) is 38.3 Å². The van der Waals surface area contributed by atoms with E-state index in [0.29, 0.717) is 37.5 Å². The number of hydrogen-bond donors (Lipinski definition) is 1. The number of aliphatic hydroxyl groups is 1. The second-order valence-corrected chi connectivity index (χ2v) is 12.8. The normalized spacial score (nSPS) is 17.8. The molecule has 1 amide bonds. The third-order valence-electron chi connectivity index (χ3n) is 8.84. The second kappa shape index (κ2) is 14.2. The number of carbonyl (C=O) groups is 1. The number of pyridine rings is 1. The van der Waals surface area contributed by atoms with E-state index in [-0.39, 0.29) is 43.7 Å². The molecule has 10 nitrogen and oxygen atoms in total. The van der Waals surface area contributed by atoms with Gasteiger partial charge in [0, 0.05) is 64.3 Å². The number of amides is 1. The maximum Gasteiger partial charge on any atom is 0.246 e. The number of halogens is 2. The minimum absolute atomic E-state index is 0.0945. The van der Waals surface area contributed by atoms with Crippen molar-refractivity contribution < 1.29 is 28.2 Å². The van der Waals surface area contributed by atoms with Crippen molar-refractivity contribution in [2.75, 3.05) is 26.4 Å². The summed E-state index contributed by atoms with van der Waals surface area (Å²) in [6.45, 7) is 5.46. The molecule has 0 spiro atoms. The van der Waals surface area contributed by atoms with Crippen molar-refractivity contribution in [3.8, 4) is 17.0 Å². The van der Waals surface area contributed by atoms with Crippen LogP contribution in [0.4, 0.5) is 8.78 Å². The zero-order chi connectivity index (χ0) is 34.8. The number of aliphatic hydroxyl groups excluding tert-OH is 1. The highest BCUT2D eigenvalue weighted by atomic mass is 32.1. The average Bonchev–Trinajstić information content (AvgIpc) is 3.86. The van der Waals surface area contributed by atoms with Crippen molar-refractivity contribution in [3.05, 3.63) is 113 Å². The van der Waals surface area contributed by atoms with E-state index in [1.807, 2.05) is 41.4 Å². The molecule has 0 aliphatic carbocycles. The first kappa shape index (κ1) is 33.1. The van der Waals surface area contributed by atoms with Gasteiger partial charge >= 0.3 is 0 Å². The van der Waals surface area contributed by atoms with Gasteiger partial charge in [-0.3, -0.25) is 19.1 Å². The van der Waals surface area contributed by atoms with Gasteiger partial charge in [0.05, 0.1) is 67.1 Å². The number of allylic oxidation sites excluding steroid dienone is 3. The summed E-state index contributed by atoms with van der Waals surface area (Å²) in [5.74, 6) is -0.409. The molecule has 2 aliphatic heterocycles. The molecule has 0 saturated carbocycles. The van der Waals surface area contributed by atoms with Crippen LogP contribution in [-0.4, -0.2) is 66.8 Å². The predicted molar refractivity (Wildman–Crippen MR) is 189 cm³/mol. The minimum atomic E-state index is -0.786. The number of ether oxygens (including phenoxy) is 2. The number of benzene rings is 1. The average molecular weight is 697 g/mol. The zero-order valence-corrected chi connectivity index (χ0v) is 28.1. The van der Waals surface area contributed by atoms with Crippen LogP contribution in [0.15, 0.2) is 90.7 Å². The van der Waals surface area contributed by atoms with E-state index in [9.17, 15) is 18.7 Å². The van der Waals surface area contributed by atoms with E-state index in [1.54, 1.807) is 34.0 Å². The molecule has 1 aromatic carbocycles. The number of nitrogens with zero attached hydrogens (tertiary/aromatic N) is 6. The molecule has 2 aliphatic rings. The maximum absolute atomic E-state index is 14.6. The molecule has 5 aromatic rings. The topological polar surface area (TPSA) is 108 Å². The smallest absolute Gasteiger partial charge is 0.246 e. The van der Waals surface area contributed by atoms with Crippen LogP contribution in [0.1, 0.15) is 35.0 Å². The van der Waals surface area contributed by atoms with Gasteiger partial charge in [0.25, 0.3) is 0 Å². The number of thiophene rings is 1. The van der Waals surface area contributed by atoms with Crippen molar-refractivity contribution in [2.24, 2.45) is 7.05 Å². The monoisotopic (exact) mass is 696 g/mol. The van der Waals surface area contributed by atoms with E-state index >= 15 is 0 Å². The Balaban J connectivity index is 1.44. The second-order valence-electron chi connectivity index (χ2n) is 11.9. The van der Waals surface area contributed by atoms with Crippen molar-refractivity contribution in [3.63, 3.8) is 0 Å². The lowest BCUT2D eigenvalue weighted by Crippen LogP contribution is -2.37. The maximum atomic E-state index is 14.6. The minimum Gasteiger partial charge on any atom is -0.493 e. The van der Waals surface area contributed by atoms with Gasteiger partial charge in [0.1, 0.15) is 23.9 Å². The summed E-state index contributed by atoms with van der Waals surface area (Å²) in [6.07, 6.45) is 10.8. The Morgan fingerprint density at radius 1 is 1.26 bits per heavy atom. The van der Waals surface area contributed by atoms with Gasteiger partial charge in [0.15, 0.2) is 0 Å². The fourth-order valence-corrected chi connectivity index (χ4v) is 7.37. The summed E-state index contributed by atoms with van der Waals surface area (Å²) < 4.78 is 44.3. The third kappa shape index (κ3) is 6.37. The van der Waals surface area contributed by atoms with E-state index in [0.717, 1.165) is 61.3 Å². The van der Waals surface area contributed by atoms with E-state index in [2.05, 4.69) is 11.7 Å². The molecule has 1 atom stereocenters. The Hall–Kier alpha value is -5.40. The summed E-state index contributed by atoms with van der Waals surface area (Å²) in [5.41, 5.74) is 5.48. The number of fused-ring (bicyclic) bond motifs is 5. The standard InChI is InChI=1S/C37H34F2N6O4S/c1-3-34(47)44-10-11-45-25(22-44)18-31(42-45)27-7-14-48-26(17-24(39)6-9-38)19-30-35(27)41-36(28-8-15-50-37(28)30)29-16-23-21-40-43(2)32(23)20-33(29)49-13-5-4-12-46/h3-6,8-9,15-21,27,46H,1,7,10-14,22H2,2H3/b5-4+,9-6+,24-17+,26-19-. The molecule has 1 unspecified atom stereocenters. The largest absolute Gasteiger partial charge is 0.493 e. The first-order chi connectivity index (χ1) is 24.4. The predicted octanol–water partition coefficient (Wildman–Crippen LogP) is 6.73. The first-order valence-corrected chi connectivity index (χ1v) is 17.0. The summed E-state index contributed by atoms with van der Waals surface area (Å²) in [4.78, 5) is 19.6.